The van der Waals surface area contributed by atoms with Crippen LogP contribution in [0.3, 0.4) is 0 Å². The van der Waals surface area contributed by atoms with Crippen LogP contribution in [-0.4, -0.2) is 44.1 Å². The Hall–Kier alpha value is -2.05. The quantitative estimate of drug-likeness (QED) is 0.887. The van der Waals surface area contributed by atoms with Gasteiger partial charge in [0.25, 0.3) is 0 Å². The molecule has 1 aromatic rings. The molecule has 0 radical (unpaired) electrons. The molecule has 1 saturated carbocycles. The van der Waals surface area contributed by atoms with Crippen LogP contribution in [0.25, 0.3) is 0 Å². The van der Waals surface area contributed by atoms with Crippen LogP contribution in [0.15, 0.2) is 12.4 Å². The van der Waals surface area contributed by atoms with E-state index in [4.69, 9.17) is 5.11 Å². The molecule has 1 aromatic heterocycles. The Morgan fingerprint density at radius 3 is 2.46 bits per heavy atom. The molecular formula is C17H26N4O3. The largest absolute Gasteiger partial charge is 0.481 e. The standard InChI is InChI=1S/C17H26N4O3/c1-17(2)10-21(13(17)14-18-8-9-20(14)3)16(24)19-12-6-4-11(5-7-12)15(22)23/h8-9,11-13H,4-7,10H2,1-3H3,(H,19,24)(H,22,23). The minimum absolute atomic E-state index is 0.00256. The monoisotopic (exact) mass is 334 g/mol. The van der Waals surface area contributed by atoms with E-state index < -0.39 is 5.97 Å². The number of aryl methyl sites for hydroxylation is 1. The number of nitrogens with zero attached hydrogens (tertiary/aromatic N) is 3. The highest BCUT2D eigenvalue weighted by molar-refractivity contribution is 5.76. The first-order valence-corrected chi connectivity index (χ1v) is 8.57. The number of imidazole rings is 1. The average molecular weight is 334 g/mol. The van der Waals surface area contributed by atoms with Crippen LogP contribution in [0.2, 0.25) is 0 Å². The van der Waals surface area contributed by atoms with Crippen molar-refractivity contribution in [3.05, 3.63) is 18.2 Å². The van der Waals surface area contributed by atoms with E-state index in [9.17, 15) is 9.59 Å². The topological polar surface area (TPSA) is 87.5 Å². The molecule has 132 valence electrons. The van der Waals surface area contributed by atoms with Crippen LogP contribution in [0.1, 0.15) is 51.4 Å². The van der Waals surface area contributed by atoms with E-state index in [1.54, 1.807) is 6.20 Å². The molecule has 3 rings (SSSR count). The lowest BCUT2D eigenvalue weighted by atomic mass is 9.74. The molecule has 2 aliphatic rings. The van der Waals surface area contributed by atoms with Gasteiger partial charge in [-0.1, -0.05) is 13.8 Å². The van der Waals surface area contributed by atoms with Gasteiger partial charge in [-0.25, -0.2) is 9.78 Å². The molecule has 1 atom stereocenters. The van der Waals surface area contributed by atoms with Crippen molar-refractivity contribution < 1.29 is 14.7 Å². The van der Waals surface area contributed by atoms with Crippen LogP contribution in [-0.2, 0) is 11.8 Å². The van der Waals surface area contributed by atoms with Crippen LogP contribution in [0, 0.1) is 11.3 Å². The molecule has 2 heterocycles. The van der Waals surface area contributed by atoms with Crippen molar-refractivity contribution in [3.63, 3.8) is 0 Å². The van der Waals surface area contributed by atoms with Gasteiger partial charge in [-0.2, -0.15) is 0 Å². The third-order valence-corrected chi connectivity index (χ3v) is 5.40. The molecule has 0 bridgehead atoms. The van der Waals surface area contributed by atoms with Gasteiger partial charge < -0.3 is 19.9 Å². The number of carboxylic acids is 1. The number of rotatable bonds is 3. The molecule has 1 saturated heterocycles. The molecule has 7 heteroatoms. The number of amides is 2. The molecule has 2 N–H and O–H groups in total. The predicted molar refractivity (Wildman–Crippen MR) is 88.3 cm³/mol. The Bertz CT molecular complexity index is 632. The average Bonchev–Trinajstić information content (AvgIpc) is 2.91. The van der Waals surface area contributed by atoms with Gasteiger partial charge >= 0.3 is 12.0 Å². The summed E-state index contributed by atoms with van der Waals surface area (Å²) in [5.41, 5.74) is -0.00256. The van der Waals surface area contributed by atoms with E-state index in [-0.39, 0.29) is 29.4 Å². The van der Waals surface area contributed by atoms with E-state index in [1.807, 2.05) is 22.7 Å². The van der Waals surface area contributed by atoms with Crippen molar-refractivity contribution in [3.8, 4) is 0 Å². The number of likely N-dealkylation sites (tertiary alicyclic amines) is 1. The number of aliphatic carboxylic acids is 1. The molecule has 1 aliphatic carbocycles. The van der Waals surface area contributed by atoms with Crippen molar-refractivity contribution in [2.24, 2.45) is 18.4 Å². The Balaban J connectivity index is 1.61. The summed E-state index contributed by atoms with van der Waals surface area (Å²) < 4.78 is 1.96. The predicted octanol–water partition coefficient (Wildman–Crippen LogP) is 2.16. The second-order valence-corrected chi connectivity index (χ2v) is 7.75. The Labute approximate surface area is 142 Å². The first-order valence-electron chi connectivity index (χ1n) is 8.57. The third kappa shape index (κ3) is 2.99. The fourth-order valence-electron chi connectivity index (χ4n) is 3.99. The van der Waals surface area contributed by atoms with Gasteiger partial charge in [-0.3, -0.25) is 4.79 Å². The van der Waals surface area contributed by atoms with Gasteiger partial charge in [0.2, 0.25) is 0 Å². The van der Waals surface area contributed by atoms with Crippen LogP contribution >= 0.6 is 0 Å². The lowest BCUT2D eigenvalue weighted by Crippen LogP contribution is -2.62. The zero-order chi connectivity index (χ0) is 17.5. The SMILES string of the molecule is Cn1ccnc1C1N(C(=O)NC2CCC(C(=O)O)CC2)CC1(C)C. The van der Waals surface area contributed by atoms with E-state index in [1.165, 1.54) is 0 Å². The maximum Gasteiger partial charge on any atom is 0.318 e. The summed E-state index contributed by atoms with van der Waals surface area (Å²) in [6.45, 7) is 4.99. The number of carboxylic acid groups (broad SMARTS) is 1. The summed E-state index contributed by atoms with van der Waals surface area (Å²) in [5.74, 6) is -0.0866. The molecule has 2 fully saturated rings. The molecular weight excluding hydrogens is 308 g/mol. The summed E-state index contributed by atoms with van der Waals surface area (Å²) in [5, 5.41) is 12.1. The highest BCUT2D eigenvalue weighted by Gasteiger charge is 2.51. The van der Waals surface area contributed by atoms with Crippen molar-refractivity contribution in [1.29, 1.82) is 0 Å². The van der Waals surface area contributed by atoms with E-state index in [2.05, 4.69) is 24.1 Å². The molecule has 1 aliphatic heterocycles. The number of carbonyl (C=O) groups excluding carboxylic acids is 1. The second-order valence-electron chi connectivity index (χ2n) is 7.75. The zero-order valence-corrected chi connectivity index (χ0v) is 14.5. The molecule has 0 aromatic carbocycles. The maximum absolute atomic E-state index is 12.7. The van der Waals surface area contributed by atoms with Crippen molar-refractivity contribution in [2.45, 2.75) is 51.6 Å². The maximum atomic E-state index is 12.7. The van der Waals surface area contributed by atoms with Crippen molar-refractivity contribution in [2.75, 3.05) is 6.54 Å². The normalized spacial score (nSPS) is 29.0. The smallest absolute Gasteiger partial charge is 0.318 e. The van der Waals surface area contributed by atoms with Crippen molar-refractivity contribution >= 4 is 12.0 Å². The number of hydrogen-bond acceptors (Lipinski definition) is 3. The minimum Gasteiger partial charge on any atom is -0.481 e. The summed E-state index contributed by atoms with van der Waals surface area (Å²) in [4.78, 5) is 30.0. The van der Waals surface area contributed by atoms with Crippen LogP contribution in [0.5, 0.6) is 0 Å². The number of carbonyl (C=O) groups is 2. The van der Waals surface area contributed by atoms with Gasteiger partial charge in [-0.05, 0) is 25.7 Å². The highest BCUT2D eigenvalue weighted by atomic mass is 16.4. The van der Waals surface area contributed by atoms with E-state index in [0.717, 1.165) is 18.7 Å². The first kappa shape index (κ1) is 16.8. The van der Waals surface area contributed by atoms with Gasteiger partial charge in [0.05, 0.1) is 12.0 Å². The minimum atomic E-state index is -0.723. The molecule has 0 spiro atoms. The summed E-state index contributed by atoms with van der Waals surface area (Å²) in [6.07, 6.45) is 6.38. The summed E-state index contributed by atoms with van der Waals surface area (Å²) in [7, 11) is 1.94. The lowest BCUT2D eigenvalue weighted by Gasteiger charge is -2.53. The molecule has 24 heavy (non-hydrogen) atoms. The summed E-state index contributed by atoms with van der Waals surface area (Å²) >= 11 is 0. The van der Waals surface area contributed by atoms with E-state index in [0.29, 0.717) is 19.4 Å². The van der Waals surface area contributed by atoms with Gasteiger partial charge in [0, 0.05) is 37.4 Å². The number of urea groups is 1. The van der Waals surface area contributed by atoms with Crippen molar-refractivity contribution in [1.82, 2.24) is 19.8 Å². The molecule has 1 unspecified atom stereocenters. The Morgan fingerprint density at radius 2 is 1.96 bits per heavy atom. The third-order valence-electron chi connectivity index (χ3n) is 5.40. The number of aromatic nitrogens is 2. The van der Waals surface area contributed by atoms with Gasteiger partial charge in [-0.15, -0.1) is 0 Å². The van der Waals surface area contributed by atoms with Crippen LogP contribution in [0.4, 0.5) is 4.79 Å². The van der Waals surface area contributed by atoms with E-state index >= 15 is 0 Å². The van der Waals surface area contributed by atoms with Crippen LogP contribution < -0.4 is 5.32 Å². The Morgan fingerprint density at radius 1 is 1.29 bits per heavy atom. The highest BCUT2D eigenvalue weighted by Crippen LogP contribution is 2.47. The molecule has 7 nitrogen and oxygen atoms in total. The fraction of sp³-hybridized carbons (Fsp3) is 0.706. The number of hydrogen-bond donors (Lipinski definition) is 2. The van der Waals surface area contributed by atoms with Gasteiger partial charge in [0.1, 0.15) is 5.82 Å². The summed E-state index contributed by atoms with van der Waals surface area (Å²) in [6, 6.07) is -0.0345. The number of nitrogens with one attached hydrogen (secondary N) is 1. The zero-order valence-electron chi connectivity index (χ0n) is 14.5. The second kappa shape index (κ2) is 6.11. The lowest BCUT2D eigenvalue weighted by molar-refractivity contribution is -0.142. The first-order chi connectivity index (χ1) is 11.3. The Kier molecular flexibility index (Phi) is 4.27. The fourth-order valence-corrected chi connectivity index (χ4v) is 3.99. The van der Waals surface area contributed by atoms with Gasteiger partial charge in [0.15, 0.2) is 0 Å². The molecule has 2 amide bonds.